The van der Waals surface area contributed by atoms with Crippen molar-refractivity contribution in [3.8, 4) is 0 Å². The molecule has 2 rings (SSSR count). The van der Waals surface area contributed by atoms with Gasteiger partial charge in [0.05, 0.1) is 0 Å². The Morgan fingerprint density at radius 1 is 1.20 bits per heavy atom. The molecule has 0 saturated heterocycles. The van der Waals surface area contributed by atoms with Crippen LogP contribution in [0.25, 0.3) is 0 Å². The van der Waals surface area contributed by atoms with Gasteiger partial charge in [-0.1, -0.05) is 18.2 Å². The van der Waals surface area contributed by atoms with Crippen LogP contribution in [0.15, 0.2) is 42.5 Å². The van der Waals surface area contributed by atoms with E-state index >= 15 is 0 Å². The Kier molecular flexibility index (Phi) is 4.48. The molecular weight excluding hydrogens is 255 g/mol. The summed E-state index contributed by atoms with van der Waals surface area (Å²) in [4.78, 5) is 12.2. The van der Waals surface area contributed by atoms with E-state index in [2.05, 4.69) is 10.6 Å². The lowest BCUT2D eigenvalue weighted by Crippen LogP contribution is -2.14. The molecular formula is C16H17FN2O. The summed E-state index contributed by atoms with van der Waals surface area (Å²) in [5, 5.41) is 5.84. The van der Waals surface area contributed by atoms with Crippen LogP contribution in [0.3, 0.4) is 0 Å². The molecule has 0 fully saturated rings. The molecule has 0 radical (unpaired) electrons. The van der Waals surface area contributed by atoms with Crippen LogP contribution in [0.2, 0.25) is 0 Å². The number of amides is 1. The summed E-state index contributed by atoms with van der Waals surface area (Å²) in [5.41, 5.74) is 2.87. The fourth-order valence-corrected chi connectivity index (χ4v) is 2.00. The first-order chi connectivity index (χ1) is 9.60. The molecule has 2 aromatic carbocycles. The molecule has 1 amide bonds. The van der Waals surface area contributed by atoms with Crippen LogP contribution in [0.1, 0.15) is 21.5 Å². The lowest BCUT2D eigenvalue weighted by molar-refractivity contribution is 0.102. The Hall–Kier alpha value is -2.20. The van der Waals surface area contributed by atoms with Crippen molar-refractivity contribution in [2.75, 3.05) is 12.4 Å². The fourth-order valence-electron chi connectivity index (χ4n) is 2.00. The van der Waals surface area contributed by atoms with Crippen molar-refractivity contribution in [2.24, 2.45) is 0 Å². The van der Waals surface area contributed by atoms with E-state index in [1.165, 1.54) is 12.1 Å². The van der Waals surface area contributed by atoms with Crippen LogP contribution in [0.4, 0.5) is 10.1 Å². The summed E-state index contributed by atoms with van der Waals surface area (Å²) < 4.78 is 13.2. The van der Waals surface area contributed by atoms with Crippen LogP contribution in [-0.2, 0) is 6.54 Å². The Balaban J connectivity index is 2.19. The zero-order valence-corrected chi connectivity index (χ0v) is 11.5. The van der Waals surface area contributed by atoms with Crippen LogP contribution in [0, 0.1) is 12.7 Å². The quantitative estimate of drug-likeness (QED) is 0.898. The molecule has 0 bridgehead atoms. The minimum atomic E-state index is -0.412. The first-order valence-electron chi connectivity index (χ1n) is 6.41. The number of anilines is 1. The number of halogens is 1. The van der Waals surface area contributed by atoms with Gasteiger partial charge in [0.2, 0.25) is 0 Å². The van der Waals surface area contributed by atoms with Gasteiger partial charge in [-0.25, -0.2) is 4.39 Å². The molecule has 0 unspecified atom stereocenters. The van der Waals surface area contributed by atoms with E-state index in [1.807, 2.05) is 31.3 Å². The van der Waals surface area contributed by atoms with Crippen molar-refractivity contribution in [1.29, 1.82) is 0 Å². The third-order valence-electron chi connectivity index (χ3n) is 3.01. The van der Waals surface area contributed by atoms with Gasteiger partial charge < -0.3 is 10.6 Å². The lowest BCUT2D eigenvalue weighted by Gasteiger charge is -2.09. The van der Waals surface area contributed by atoms with Crippen molar-refractivity contribution < 1.29 is 9.18 Å². The second-order valence-electron chi connectivity index (χ2n) is 4.64. The molecule has 2 aromatic rings. The third kappa shape index (κ3) is 3.42. The van der Waals surface area contributed by atoms with Crippen LogP contribution in [0.5, 0.6) is 0 Å². The maximum atomic E-state index is 13.2. The Morgan fingerprint density at radius 2 is 2.00 bits per heavy atom. The molecule has 0 aliphatic carbocycles. The average molecular weight is 272 g/mol. The number of nitrogens with one attached hydrogen (secondary N) is 2. The Labute approximate surface area is 117 Å². The molecule has 0 heterocycles. The van der Waals surface area contributed by atoms with Gasteiger partial charge in [0.1, 0.15) is 5.82 Å². The van der Waals surface area contributed by atoms with Gasteiger partial charge in [-0.15, -0.1) is 0 Å². The molecule has 0 aromatic heterocycles. The summed E-state index contributed by atoms with van der Waals surface area (Å²) >= 11 is 0. The molecule has 20 heavy (non-hydrogen) atoms. The molecule has 3 nitrogen and oxygen atoms in total. The van der Waals surface area contributed by atoms with Crippen molar-refractivity contribution in [2.45, 2.75) is 13.5 Å². The number of hydrogen-bond donors (Lipinski definition) is 2. The standard InChI is InChI=1S/C16H17FN2O/c1-11-6-7-13(17)9-15(11)16(20)19-14-5-3-4-12(8-14)10-18-2/h3-9,18H,10H2,1-2H3,(H,19,20). The highest BCUT2D eigenvalue weighted by Crippen LogP contribution is 2.15. The first-order valence-corrected chi connectivity index (χ1v) is 6.41. The Morgan fingerprint density at radius 3 is 2.75 bits per heavy atom. The van der Waals surface area contributed by atoms with E-state index in [4.69, 9.17) is 0 Å². The summed E-state index contributed by atoms with van der Waals surface area (Å²) in [6.07, 6.45) is 0. The minimum Gasteiger partial charge on any atom is -0.322 e. The number of aryl methyl sites for hydroxylation is 1. The molecule has 0 spiro atoms. The fraction of sp³-hybridized carbons (Fsp3) is 0.188. The highest BCUT2D eigenvalue weighted by molar-refractivity contribution is 6.05. The average Bonchev–Trinajstić information content (AvgIpc) is 2.42. The Bertz CT molecular complexity index is 626. The van der Waals surface area contributed by atoms with Gasteiger partial charge in [-0.3, -0.25) is 4.79 Å². The maximum absolute atomic E-state index is 13.2. The van der Waals surface area contributed by atoms with E-state index < -0.39 is 5.82 Å². The lowest BCUT2D eigenvalue weighted by atomic mass is 10.1. The maximum Gasteiger partial charge on any atom is 0.256 e. The number of carbonyl (C=O) groups excluding carboxylic acids is 1. The summed E-state index contributed by atoms with van der Waals surface area (Å²) in [5.74, 6) is -0.715. The van der Waals surface area contributed by atoms with Gasteiger partial charge in [0.15, 0.2) is 0 Å². The molecule has 0 aliphatic rings. The zero-order valence-electron chi connectivity index (χ0n) is 11.5. The molecule has 2 N–H and O–H groups in total. The van der Waals surface area contributed by atoms with E-state index in [-0.39, 0.29) is 5.91 Å². The van der Waals surface area contributed by atoms with Gasteiger partial charge in [0.25, 0.3) is 5.91 Å². The molecule has 0 aliphatic heterocycles. The highest BCUT2D eigenvalue weighted by Gasteiger charge is 2.10. The molecule has 0 atom stereocenters. The zero-order chi connectivity index (χ0) is 14.5. The predicted molar refractivity (Wildman–Crippen MR) is 78.3 cm³/mol. The second kappa shape index (κ2) is 6.30. The van der Waals surface area contributed by atoms with E-state index in [0.29, 0.717) is 11.3 Å². The van der Waals surface area contributed by atoms with Crippen molar-refractivity contribution in [3.05, 3.63) is 65.0 Å². The van der Waals surface area contributed by atoms with Crippen LogP contribution in [-0.4, -0.2) is 13.0 Å². The van der Waals surface area contributed by atoms with Gasteiger partial charge >= 0.3 is 0 Å². The number of rotatable bonds is 4. The number of benzene rings is 2. The van der Waals surface area contributed by atoms with E-state index in [0.717, 1.165) is 17.7 Å². The predicted octanol–water partition coefficient (Wildman–Crippen LogP) is 3.11. The van der Waals surface area contributed by atoms with Gasteiger partial charge in [0, 0.05) is 17.8 Å². The van der Waals surface area contributed by atoms with Gasteiger partial charge in [-0.2, -0.15) is 0 Å². The van der Waals surface area contributed by atoms with E-state index in [9.17, 15) is 9.18 Å². The molecule has 4 heteroatoms. The van der Waals surface area contributed by atoms with E-state index in [1.54, 1.807) is 13.0 Å². The number of hydrogen-bond acceptors (Lipinski definition) is 2. The largest absolute Gasteiger partial charge is 0.322 e. The monoisotopic (exact) mass is 272 g/mol. The van der Waals surface area contributed by atoms with Crippen molar-refractivity contribution in [1.82, 2.24) is 5.32 Å². The van der Waals surface area contributed by atoms with Crippen molar-refractivity contribution in [3.63, 3.8) is 0 Å². The van der Waals surface area contributed by atoms with Crippen LogP contribution < -0.4 is 10.6 Å². The number of carbonyl (C=O) groups is 1. The van der Waals surface area contributed by atoms with Gasteiger partial charge in [-0.05, 0) is 49.4 Å². The normalized spacial score (nSPS) is 10.3. The SMILES string of the molecule is CNCc1cccc(NC(=O)c2cc(F)ccc2C)c1. The minimum absolute atomic E-state index is 0.302. The molecule has 104 valence electrons. The topological polar surface area (TPSA) is 41.1 Å². The third-order valence-corrected chi connectivity index (χ3v) is 3.01. The summed E-state index contributed by atoms with van der Waals surface area (Å²) in [6, 6.07) is 11.7. The van der Waals surface area contributed by atoms with Crippen molar-refractivity contribution >= 4 is 11.6 Å². The van der Waals surface area contributed by atoms with Crippen LogP contribution >= 0.6 is 0 Å². The second-order valence-corrected chi connectivity index (χ2v) is 4.64. The highest BCUT2D eigenvalue weighted by atomic mass is 19.1. The summed E-state index contributed by atoms with van der Waals surface area (Å²) in [7, 11) is 1.86. The smallest absolute Gasteiger partial charge is 0.256 e. The first kappa shape index (κ1) is 14.2. The summed E-state index contributed by atoms with van der Waals surface area (Å²) in [6.45, 7) is 2.51. The molecule has 0 saturated carbocycles.